The maximum absolute atomic E-state index is 12.5. The fourth-order valence-corrected chi connectivity index (χ4v) is 2.96. The molecule has 0 aromatic carbocycles. The normalized spacial score (nSPS) is 19.2. The number of likely N-dealkylation sites (N-methyl/N-ethyl adjacent to an activating group) is 2. The molecule has 5 nitrogen and oxygen atoms in total. The summed E-state index contributed by atoms with van der Waals surface area (Å²) < 4.78 is 0. The van der Waals surface area contributed by atoms with Crippen LogP contribution in [0, 0.1) is 6.92 Å². The highest BCUT2D eigenvalue weighted by molar-refractivity contribution is 5.94. The molecule has 1 amide bonds. The lowest BCUT2D eigenvalue weighted by Gasteiger charge is -2.27. The zero-order valence-electron chi connectivity index (χ0n) is 12.6. The maximum atomic E-state index is 12.5. The van der Waals surface area contributed by atoms with Gasteiger partial charge in [-0.2, -0.15) is 0 Å². The highest BCUT2D eigenvalue weighted by Crippen LogP contribution is 2.18. The molecule has 1 unspecified atom stereocenters. The van der Waals surface area contributed by atoms with Crippen LogP contribution in [0.25, 0.3) is 0 Å². The molecule has 0 aliphatic carbocycles. The largest absolute Gasteiger partial charge is 0.384 e. The van der Waals surface area contributed by atoms with Gasteiger partial charge in [-0.3, -0.25) is 9.69 Å². The van der Waals surface area contributed by atoms with Crippen molar-refractivity contribution in [1.29, 1.82) is 0 Å². The molecule has 1 aromatic rings. The van der Waals surface area contributed by atoms with Gasteiger partial charge in [0.15, 0.2) is 0 Å². The zero-order chi connectivity index (χ0) is 14.7. The minimum Gasteiger partial charge on any atom is -0.384 e. The molecule has 110 valence electrons. The summed E-state index contributed by atoms with van der Waals surface area (Å²) in [4.78, 5) is 20.8. The Balaban J connectivity index is 2.04. The van der Waals surface area contributed by atoms with Crippen molar-refractivity contribution >= 4 is 11.7 Å². The number of carbonyl (C=O) groups is 1. The second-order valence-electron chi connectivity index (χ2n) is 5.53. The fraction of sp³-hybridized carbons (Fsp3) is 0.600. The lowest BCUT2D eigenvalue weighted by atomic mass is 10.1. The molecule has 0 bridgehead atoms. The van der Waals surface area contributed by atoms with Gasteiger partial charge in [0.25, 0.3) is 5.91 Å². The van der Waals surface area contributed by atoms with Crippen molar-refractivity contribution in [1.82, 2.24) is 14.8 Å². The van der Waals surface area contributed by atoms with Crippen molar-refractivity contribution in [3.05, 3.63) is 23.4 Å². The third-order valence-electron chi connectivity index (χ3n) is 3.96. The van der Waals surface area contributed by atoms with Crippen LogP contribution in [0.5, 0.6) is 0 Å². The summed E-state index contributed by atoms with van der Waals surface area (Å²) in [5.41, 5.74) is 7.11. The van der Waals surface area contributed by atoms with E-state index in [1.54, 1.807) is 17.0 Å². The molecule has 1 aliphatic rings. The minimum absolute atomic E-state index is 0.0187. The Hall–Kier alpha value is -1.62. The minimum atomic E-state index is 0.0187. The number of rotatable bonds is 4. The first-order valence-electron chi connectivity index (χ1n) is 7.25. The number of anilines is 1. The van der Waals surface area contributed by atoms with Gasteiger partial charge in [0.1, 0.15) is 5.82 Å². The van der Waals surface area contributed by atoms with Crippen LogP contribution in [0.1, 0.15) is 35.8 Å². The molecular weight excluding hydrogens is 252 g/mol. The highest BCUT2D eigenvalue weighted by atomic mass is 16.2. The summed E-state index contributed by atoms with van der Waals surface area (Å²) in [6.07, 6.45) is 2.39. The third kappa shape index (κ3) is 3.28. The number of carbonyl (C=O) groups excluding carboxylic acids is 1. The Morgan fingerprint density at radius 3 is 2.95 bits per heavy atom. The molecule has 1 atom stereocenters. The molecule has 20 heavy (non-hydrogen) atoms. The van der Waals surface area contributed by atoms with E-state index in [-0.39, 0.29) is 5.91 Å². The first-order valence-corrected chi connectivity index (χ1v) is 7.25. The van der Waals surface area contributed by atoms with Crippen LogP contribution in [0.3, 0.4) is 0 Å². The van der Waals surface area contributed by atoms with Gasteiger partial charge in [0, 0.05) is 30.9 Å². The second kappa shape index (κ2) is 6.22. The third-order valence-corrected chi connectivity index (χ3v) is 3.96. The lowest BCUT2D eigenvalue weighted by Crippen LogP contribution is -2.41. The highest BCUT2D eigenvalue weighted by Gasteiger charge is 2.26. The summed E-state index contributed by atoms with van der Waals surface area (Å²) in [7, 11) is 1.86. The van der Waals surface area contributed by atoms with Gasteiger partial charge in [-0.05, 0) is 45.0 Å². The summed E-state index contributed by atoms with van der Waals surface area (Å²) in [5, 5.41) is 0. The van der Waals surface area contributed by atoms with Gasteiger partial charge in [-0.15, -0.1) is 0 Å². The van der Waals surface area contributed by atoms with E-state index in [9.17, 15) is 4.79 Å². The zero-order valence-corrected chi connectivity index (χ0v) is 12.6. The standard InChI is InChI=1S/C15H24N4O/c1-4-19-7-5-6-13(19)10-18(3)15(20)12-8-11(2)17-14(16)9-12/h8-9,13H,4-7,10H2,1-3H3,(H2,16,17). The SMILES string of the molecule is CCN1CCCC1CN(C)C(=O)c1cc(C)nc(N)c1. The molecule has 2 heterocycles. The van der Waals surface area contributed by atoms with Crippen molar-refractivity contribution in [3.8, 4) is 0 Å². The predicted octanol–water partition coefficient (Wildman–Crippen LogP) is 1.53. The van der Waals surface area contributed by atoms with Gasteiger partial charge in [0.2, 0.25) is 0 Å². The van der Waals surface area contributed by atoms with E-state index in [1.165, 1.54) is 12.8 Å². The number of amides is 1. The fourth-order valence-electron chi connectivity index (χ4n) is 2.96. The number of likely N-dealkylation sites (tertiary alicyclic amines) is 1. The Bertz CT molecular complexity index is 469. The number of nitrogens with zero attached hydrogens (tertiary/aromatic N) is 3. The molecule has 1 saturated heterocycles. The van der Waals surface area contributed by atoms with Crippen LogP contribution in [0.2, 0.25) is 0 Å². The Labute approximate surface area is 120 Å². The van der Waals surface area contributed by atoms with Crippen LogP contribution in [-0.2, 0) is 0 Å². The Morgan fingerprint density at radius 2 is 2.30 bits per heavy atom. The number of hydrogen-bond donors (Lipinski definition) is 1. The van der Waals surface area contributed by atoms with Crippen LogP contribution < -0.4 is 5.73 Å². The van der Waals surface area contributed by atoms with E-state index in [1.807, 2.05) is 14.0 Å². The summed E-state index contributed by atoms with van der Waals surface area (Å²) in [5.74, 6) is 0.419. The van der Waals surface area contributed by atoms with Crippen molar-refractivity contribution in [2.75, 3.05) is 32.4 Å². The Kier molecular flexibility index (Phi) is 4.60. The smallest absolute Gasteiger partial charge is 0.253 e. The molecule has 1 aliphatic heterocycles. The lowest BCUT2D eigenvalue weighted by molar-refractivity contribution is 0.0754. The van der Waals surface area contributed by atoms with Gasteiger partial charge >= 0.3 is 0 Å². The van der Waals surface area contributed by atoms with Crippen LogP contribution in [0.4, 0.5) is 5.82 Å². The first kappa shape index (κ1) is 14.8. The summed E-state index contributed by atoms with van der Waals surface area (Å²) >= 11 is 0. The molecule has 2 N–H and O–H groups in total. The van der Waals surface area contributed by atoms with Crippen LogP contribution in [-0.4, -0.2) is 53.4 Å². The van der Waals surface area contributed by atoms with Gasteiger partial charge in [0.05, 0.1) is 0 Å². The second-order valence-corrected chi connectivity index (χ2v) is 5.53. The van der Waals surface area contributed by atoms with Gasteiger partial charge < -0.3 is 10.6 Å². The van der Waals surface area contributed by atoms with Gasteiger partial charge in [-0.1, -0.05) is 6.92 Å². The maximum Gasteiger partial charge on any atom is 0.253 e. The van der Waals surface area contributed by atoms with E-state index in [0.717, 1.165) is 25.3 Å². The predicted molar refractivity (Wildman–Crippen MR) is 80.6 cm³/mol. The topological polar surface area (TPSA) is 62.5 Å². The van der Waals surface area contributed by atoms with Crippen molar-refractivity contribution in [2.45, 2.75) is 32.7 Å². The van der Waals surface area contributed by atoms with Crippen LogP contribution >= 0.6 is 0 Å². The average Bonchev–Trinajstić information content (AvgIpc) is 2.83. The monoisotopic (exact) mass is 276 g/mol. The molecule has 5 heteroatoms. The molecule has 0 spiro atoms. The number of nitrogen functional groups attached to an aromatic ring is 1. The number of nitrogens with two attached hydrogens (primary N) is 1. The molecule has 2 rings (SSSR count). The number of hydrogen-bond acceptors (Lipinski definition) is 4. The number of aromatic nitrogens is 1. The molecule has 1 fully saturated rings. The van der Waals surface area contributed by atoms with Gasteiger partial charge in [-0.25, -0.2) is 4.98 Å². The van der Waals surface area contributed by atoms with E-state index in [4.69, 9.17) is 5.73 Å². The van der Waals surface area contributed by atoms with E-state index in [0.29, 0.717) is 17.4 Å². The van der Waals surface area contributed by atoms with E-state index >= 15 is 0 Å². The van der Waals surface area contributed by atoms with E-state index < -0.39 is 0 Å². The van der Waals surface area contributed by atoms with Crippen molar-refractivity contribution in [3.63, 3.8) is 0 Å². The Morgan fingerprint density at radius 1 is 1.55 bits per heavy atom. The molecular formula is C15H24N4O. The van der Waals surface area contributed by atoms with E-state index in [2.05, 4.69) is 16.8 Å². The van der Waals surface area contributed by atoms with Crippen LogP contribution in [0.15, 0.2) is 12.1 Å². The summed E-state index contributed by atoms with van der Waals surface area (Å²) in [6.45, 7) is 6.99. The number of aryl methyl sites for hydroxylation is 1. The molecule has 0 radical (unpaired) electrons. The average molecular weight is 276 g/mol. The first-order chi connectivity index (χ1) is 9.51. The number of pyridine rings is 1. The summed E-state index contributed by atoms with van der Waals surface area (Å²) in [6, 6.07) is 3.92. The quantitative estimate of drug-likeness (QED) is 0.906. The van der Waals surface area contributed by atoms with Crippen molar-refractivity contribution in [2.24, 2.45) is 0 Å². The van der Waals surface area contributed by atoms with Crippen molar-refractivity contribution < 1.29 is 4.79 Å². The molecule has 1 aromatic heterocycles. The molecule has 0 saturated carbocycles.